The molecule has 2 heterocycles. The lowest BCUT2D eigenvalue weighted by molar-refractivity contribution is 0.232. The molecule has 2 aliphatic heterocycles. The number of fused-ring (bicyclic) bond motifs is 3. The first kappa shape index (κ1) is 6.35. The average Bonchev–Trinajstić information content (AvgIpc) is 2.62. The number of nitrogens with zero attached hydrogens (tertiary/aromatic N) is 1. The summed E-state index contributed by atoms with van der Waals surface area (Å²) in [5.41, 5.74) is 1.41. The van der Waals surface area contributed by atoms with Crippen molar-refractivity contribution in [3.8, 4) is 0 Å². The molecule has 1 saturated heterocycles. The van der Waals surface area contributed by atoms with Gasteiger partial charge in [0.25, 0.3) is 0 Å². The van der Waals surface area contributed by atoms with Crippen LogP contribution < -0.4 is 0 Å². The summed E-state index contributed by atoms with van der Waals surface area (Å²) in [5, 5.41) is 0. The highest BCUT2D eigenvalue weighted by Crippen LogP contribution is 2.34. The molecule has 0 aromatic carbocycles. The zero-order valence-electron chi connectivity index (χ0n) is 6.86. The Balaban J connectivity index is 2.02. The molecule has 0 amide bonds. The Morgan fingerprint density at radius 2 is 2.50 bits per heavy atom. The van der Waals surface area contributed by atoms with E-state index in [1.165, 1.54) is 5.57 Å². The summed E-state index contributed by atoms with van der Waals surface area (Å²) in [5.74, 6) is 1.08. The van der Waals surface area contributed by atoms with Crippen LogP contribution in [0.4, 0.5) is 0 Å². The number of hydrogen-bond acceptors (Lipinski definition) is 2. The first-order valence-electron chi connectivity index (χ1n) is 4.43. The Hall–Kier alpha value is -1.18. The van der Waals surface area contributed by atoms with Crippen molar-refractivity contribution in [1.82, 2.24) is 4.90 Å². The molecule has 3 rings (SSSR count). The van der Waals surface area contributed by atoms with Gasteiger partial charge in [-0.05, 0) is 12.0 Å². The lowest BCUT2D eigenvalue weighted by Crippen LogP contribution is -2.28. The van der Waals surface area contributed by atoms with Gasteiger partial charge in [-0.2, -0.15) is 0 Å². The van der Waals surface area contributed by atoms with Crippen LogP contribution in [0.3, 0.4) is 0 Å². The molecule has 0 N–H and O–H groups in total. The number of hydrogen-bond donors (Lipinski definition) is 0. The molecule has 1 aliphatic carbocycles. The summed E-state index contributed by atoms with van der Waals surface area (Å²) in [6.45, 7) is 1.92. The van der Waals surface area contributed by atoms with Gasteiger partial charge in [0.2, 0.25) is 0 Å². The van der Waals surface area contributed by atoms with Crippen molar-refractivity contribution < 1.29 is 4.74 Å². The monoisotopic (exact) mass is 161 g/mol. The second-order valence-electron chi connectivity index (χ2n) is 3.37. The number of ether oxygens (including phenoxy) is 1. The zero-order valence-corrected chi connectivity index (χ0v) is 6.86. The number of rotatable bonds is 0. The van der Waals surface area contributed by atoms with Gasteiger partial charge in [0.05, 0.1) is 12.6 Å². The van der Waals surface area contributed by atoms with E-state index in [0.717, 1.165) is 25.5 Å². The summed E-state index contributed by atoms with van der Waals surface area (Å²) >= 11 is 0. The molecule has 2 heteroatoms. The normalized spacial score (nSPS) is 30.7. The summed E-state index contributed by atoms with van der Waals surface area (Å²) in [6.07, 6.45) is 9.84. The number of allylic oxidation sites excluding steroid dienone is 2. The first-order valence-corrected chi connectivity index (χ1v) is 4.43. The molecular formula is C10H11NO. The van der Waals surface area contributed by atoms with Gasteiger partial charge in [0.15, 0.2) is 5.88 Å². The molecular weight excluding hydrogens is 150 g/mol. The predicted molar refractivity (Wildman–Crippen MR) is 46.4 cm³/mol. The minimum atomic E-state index is 0.576. The highest BCUT2D eigenvalue weighted by Gasteiger charge is 2.34. The second-order valence-corrected chi connectivity index (χ2v) is 3.37. The summed E-state index contributed by atoms with van der Waals surface area (Å²) in [4.78, 5) is 2.36. The molecule has 1 fully saturated rings. The van der Waals surface area contributed by atoms with E-state index in [-0.39, 0.29) is 0 Å². The highest BCUT2D eigenvalue weighted by molar-refractivity contribution is 5.40. The minimum Gasteiger partial charge on any atom is -0.477 e. The molecule has 2 nitrogen and oxygen atoms in total. The van der Waals surface area contributed by atoms with E-state index in [0.29, 0.717) is 6.04 Å². The molecule has 0 bridgehead atoms. The van der Waals surface area contributed by atoms with Crippen molar-refractivity contribution in [1.29, 1.82) is 0 Å². The maximum atomic E-state index is 5.49. The van der Waals surface area contributed by atoms with Gasteiger partial charge in [-0.15, -0.1) is 0 Å². The Bertz CT molecular complexity index is 301. The third-order valence-electron chi connectivity index (χ3n) is 2.70. The molecule has 1 atom stereocenters. The SMILES string of the molecule is C1=CCC2C(=C1)C=C1OCCN12. The lowest BCUT2D eigenvalue weighted by atomic mass is 10.0. The molecule has 3 aliphatic rings. The molecule has 12 heavy (non-hydrogen) atoms. The third kappa shape index (κ3) is 0.697. The topological polar surface area (TPSA) is 12.5 Å². The van der Waals surface area contributed by atoms with Gasteiger partial charge in [-0.3, -0.25) is 0 Å². The van der Waals surface area contributed by atoms with Crippen LogP contribution in [0.25, 0.3) is 0 Å². The minimum absolute atomic E-state index is 0.576. The fourth-order valence-electron chi connectivity index (χ4n) is 2.10. The molecule has 0 radical (unpaired) electrons. The Morgan fingerprint density at radius 3 is 3.50 bits per heavy atom. The largest absolute Gasteiger partial charge is 0.477 e. The van der Waals surface area contributed by atoms with Gasteiger partial charge < -0.3 is 9.64 Å². The van der Waals surface area contributed by atoms with Crippen molar-refractivity contribution in [2.45, 2.75) is 12.5 Å². The van der Waals surface area contributed by atoms with Crippen molar-refractivity contribution in [2.75, 3.05) is 13.2 Å². The smallest absolute Gasteiger partial charge is 0.190 e. The van der Waals surface area contributed by atoms with E-state index in [2.05, 4.69) is 29.2 Å². The van der Waals surface area contributed by atoms with E-state index in [1.807, 2.05) is 0 Å². The van der Waals surface area contributed by atoms with Gasteiger partial charge in [-0.25, -0.2) is 0 Å². The van der Waals surface area contributed by atoms with Crippen LogP contribution in [0.5, 0.6) is 0 Å². The van der Waals surface area contributed by atoms with Crippen LogP contribution in [0, 0.1) is 0 Å². The standard InChI is InChI=1S/C10H11NO/c1-2-4-9-8(3-1)7-10-11(9)5-6-12-10/h1-3,7,9H,4-6H2. The predicted octanol–water partition coefficient (Wildman–Crippen LogP) is 1.43. The Kier molecular flexibility index (Phi) is 1.14. The molecule has 62 valence electrons. The van der Waals surface area contributed by atoms with Gasteiger partial charge in [0, 0.05) is 6.08 Å². The van der Waals surface area contributed by atoms with E-state index >= 15 is 0 Å². The zero-order chi connectivity index (χ0) is 7.97. The first-order chi connectivity index (χ1) is 5.95. The maximum Gasteiger partial charge on any atom is 0.190 e. The summed E-state index contributed by atoms with van der Waals surface area (Å²) in [6, 6.07) is 0.576. The van der Waals surface area contributed by atoms with Gasteiger partial charge in [-0.1, -0.05) is 18.2 Å². The van der Waals surface area contributed by atoms with E-state index in [1.54, 1.807) is 0 Å². The summed E-state index contributed by atoms with van der Waals surface area (Å²) < 4.78 is 5.49. The van der Waals surface area contributed by atoms with E-state index in [4.69, 9.17) is 4.74 Å². The fourth-order valence-corrected chi connectivity index (χ4v) is 2.10. The van der Waals surface area contributed by atoms with E-state index < -0.39 is 0 Å². The van der Waals surface area contributed by atoms with Crippen LogP contribution in [-0.2, 0) is 4.74 Å². The maximum absolute atomic E-state index is 5.49. The van der Waals surface area contributed by atoms with Crippen LogP contribution >= 0.6 is 0 Å². The molecule has 1 unspecified atom stereocenters. The van der Waals surface area contributed by atoms with Crippen LogP contribution in [0.2, 0.25) is 0 Å². The molecule has 0 saturated carbocycles. The fraction of sp³-hybridized carbons (Fsp3) is 0.400. The quantitative estimate of drug-likeness (QED) is 0.533. The molecule has 0 aromatic heterocycles. The van der Waals surface area contributed by atoms with Crippen LogP contribution in [-0.4, -0.2) is 24.1 Å². The molecule has 0 aromatic rings. The lowest BCUT2D eigenvalue weighted by Gasteiger charge is -2.23. The highest BCUT2D eigenvalue weighted by atomic mass is 16.5. The average molecular weight is 161 g/mol. The van der Waals surface area contributed by atoms with Crippen molar-refractivity contribution >= 4 is 0 Å². The second kappa shape index (κ2) is 2.16. The molecule has 0 spiro atoms. The van der Waals surface area contributed by atoms with Gasteiger partial charge >= 0.3 is 0 Å². The van der Waals surface area contributed by atoms with Crippen molar-refractivity contribution in [2.24, 2.45) is 0 Å². The summed E-state index contributed by atoms with van der Waals surface area (Å²) in [7, 11) is 0. The third-order valence-corrected chi connectivity index (χ3v) is 2.70. The van der Waals surface area contributed by atoms with Crippen molar-refractivity contribution in [3.63, 3.8) is 0 Å². The van der Waals surface area contributed by atoms with E-state index in [9.17, 15) is 0 Å². The Labute approximate surface area is 71.8 Å². The van der Waals surface area contributed by atoms with Gasteiger partial charge in [0.1, 0.15) is 6.61 Å². The Morgan fingerprint density at radius 1 is 1.50 bits per heavy atom. The van der Waals surface area contributed by atoms with Crippen LogP contribution in [0.1, 0.15) is 6.42 Å². The van der Waals surface area contributed by atoms with Crippen LogP contribution in [0.15, 0.2) is 35.8 Å². The van der Waals surface area contributed by atoms with Crippen molar-refractivity contribution in [3.05, 3.63) is 35.8 Å².